The molecule has 0 aliphatic heterocycles. The minimum Gasteiger partial charge on any atom is -0.480 e. The monoisotopic (exact) mass is 820 g/mol. The molecule has 3 unspecified atom stereocenters. The van der Waals surface area contributed by atoms with Crippen molar-refractivity contribution in [2.45, 2.75) is 167 Å². The van der Waals surface area contributed by atoms with Gasteiger partial charge in [-0.05, 0) is 83.5 Å². The Labute approximate surface area is 346 Å². The van der Waals surface area contributed by atoms with Crippen LogP contribution in [0, 0.1) is 0 Å². The zero-order valence-corrected chi connectivity index (χ0v) is 36.3. The van der Waals surface area contributed by atoms with E-state index in [0.29, 0.717) is 13.0 Å². The lowest BCUT2D eigenvalue weighted by molar-refractivity contribution is -0.154. The van der Waals surface area contributed by atoms with E-state index in [2.05, 4.69) is 98.9 Å². The molecule has 326 valence electrons. The van der Waals surface area contributed by atoms with Crippen LogP contribution in [0.4, 0.5) is 0 Å². The van der Waals surface area contributed by atoms with Crippen molar-refractivity contribution < 1.29 is 42.7 Å². The van der Waals surface area contributed by atoms with Gasteiger partial charge in [-0.3, -0.25) is 18.6 Å². The van der Waals surface area contributed by atoms with Gasteiger partial charge in [-0.2, -0.15) is 0 Å². The van der Waals surface area contributed by atoms with Gasteiger partial charge in [0.25, 0.3) is 0 Å². The van der Waals surface area contributed by atoms with E-state index >= 15 is 0 Å². The van der Waals surface area contributed by atoms with Crippen LogP contribution in [0.5, 0.6) is 0 Å². The number of allylic oxidation sites excluding steroid dienone is 14. The Hall–Kier alpha value is -2.85. The summed E-state index contributed by atoms with van der Waals surface area (Å²) in [5.74, 6) is -1.81. The predicted molar refractivity (Wildman–Crippen MR) is 235 cm³/mol. The van der Waals surface area contributed by atoms with Gasteiger partial charge in [0.15, 0.2) is 0 Å². The number of unbranched alkanes of at least 4 members (excludes halogenated alkanes) is 12. The largest absolute Gasteiger partial charge is 0.480 e. The van der Waals surface area contributed by atoms with Gasteiger partial charge in [0.2, 0.25) is 0 Å². The molecule has 0 rings (SSSR count). The molecule has 0 aromatic heterocycles. The lowest BCUT2D eigenvalue weighted by Crippen LogP contribution is -2.34. The van der Waals surface area contributed by atoms with E-state index < -0.39 is 45.1 Å². The fraction of sp³-hybridized carbons (Fsp3) is 0.652. The molecule has 3 atom stereocenters. The summed E-state index contributed by atoms with van der Waals surface area (Å²) in [5.41, 5.74) is 5.35. The Kier molecular flexibility index (Phi) is 39.2. The lowest BCUT2D eigenvalue weighted by Gasteiger charge is -2.20. The van der Waals surface area contributed by atoms with Crippen molar-refractivity contribution >= 4 is 19.8 Å². The molecular weight excluding hydrogens is 741 g/mol. The number of hydrogen-bond donors (Lipinski definition) is 3. The summed E-state index contributed by atoms with van der Waals surface area (Å²) >= 11 is 0. The number of carbonyl (C=O) groups excluding carboxylic acids is 1. The number of carbonyl (C=O) groups is 2. The minimum atomic E-state index is -4.63. The van der Waals surface area contributed by atoms with E-state index in [1.165, 1.54) is 25.7 Å². The number of aliphatic carboxylic acids is 1. The Bertz CT molecular complexity index is 1220. The molecule has 0 aliphatic rings. The van der Waals surface area contributed by atoms with Gasteiger partial charge in [-0.15, -0.1) is 0 Å². The number of nitrogens with two attached hydrogens (primary N) is 1. The van der Waals surface area contributed by atoms with Crippen LogP contribution in [0.1, 0.15) is 155 Å². The standard InChI is InChI=1S/C46H78NO9P/c1-3-5-7-9-11-13-15-17-19-20-21-22-23-25-27-29-31-33-35-37-39-53-40-43(41-54-57(51,52)55-42-44(47)46(49)50)56-45(48)38-36-34-32-30-28-26-24-18-16-14-12-10-8-6-4-2/h5-8,11-14,17-19,21-22,24,43-44H,3-4,9-10,15-16,20,23,25-42,47H2,1-2H3,(H,49,50)(H,51,52)/b7-5-,8-6-,13-11-,14-12-,19-17-,22-21-,24-18-. The van der Waals surface area contributed by atoms with Crippen LogP contribution in [-0.2, 0) is 32.7 Å². The molecule has 11 heteroatoms. The fourth-order valence-corrected chi connectivity index (χ4v) is 6.15. The third-order valence-electron chi connectivity index (χ3n) is 8.67. The molecule has 0 aromatic carbocycles. The molecule has 0 fully saturated rings. The highest BCUT2D eigenvalue weighted by Crippen LogP contribution is 2.43. The Morgan fingerprint density at radius 2 is 0.965 bits per heavy atom. The molecule has 0 bridgehead atoms. The second-order valence-corrected chi connectivity index (χ2v) is 15.5. The first-order valence-electron chi connectivity index (χ1n) is 21.6. The van der Waals surface area contributed by atoms with Gasteiger partial charge < -0.3 is 25.2 Å². The third-order valence-corrected chi connectivity index (χ3v) is 9.62. The predicted octanol–water partition coefficient (Wildman–Crippen LogP) is 12.0. The van der Waals surface area contributed by atoms with Gasteiger partial charge in [0, 0.05) is 13.0 Å². The summed E-state index contributed by atoms with van der Waals surface area (Å²) in [6, 6.07) is -1.48. The summed E-state index contributed by atoms with van der Waals surface area (Å²) in [6.45, 7) is 3.59. The quantitative estimate of drug-likeness (QED) is 0.0235. The summed E-state index contributed by atoms with van der Waals surface area (Å²) in [5, 5.41) is 8.90. The number of carboxylic acid groups (broad SMARTS) is 1. The number of rotatable bonds is 40. The van der Waals surface area contributed by atoms with E-state index in [1.54, 1.807) is 0 Å². The van der Waals surface area contributed by atoms with Crippen LogP contribution in [-0.4, -0.2) is 60.5 Å². The van der Waals surface area contributed by atoms with Gasteiger partial charge in [-0.25, -0.2) is 4.57 Å². The molecule has 0 aliphatic carbocycles. The first kappa shape index (κ1) is 54.2. The zero-order valence-electron chi connectivity index (χ0n) is 35.4. The van der Waals surface area contributed by atoms with Crippen LogP contribution in [0.2, 0.25) is 0 Å². The third kappa shape index (κ3) is 41.1. The van der Waals surface area contributed by atoms with Crippen LogP contribution < -0.4 is 5.73 Å². The maximum atomic E-state index is 12.6. The first-order chi connectivity index (χ1) is 27.7. The number of hydrogen-bond acceptors (Lipinski definition) is 8. The molecule has 0 saturated heterocycles. The van der Waals surface area contributed by atoms with Crippen molar-refractivity contribution in [1.29, 1.82) is 0 Å². The molecular formula is C46H78NO9P. The zero-order chi connectivity index (χ0) is 41.9. The summed E-state index contributed by atoms with van der Waals surface area (Å²) in [7, 11) is -4.63. The molecule has 10 nitrogen and oxygen atoms in total. The van der Waals surface area contributed by atoms with E-state index in [0.717, 1.165) is 103 Å². The molecule has 4 N–H and O–H groups in total. The Morgan fingerprint density at radius 3 is 1.44 bits per heavy atom. The lowest BCUT2D eigenvalue weighted by atomic mass is 10.1. The van der Waals surface area contributed by atoms with Crippen molar-refractivity contribution in [3.8, 4) is 0 Å². The van der Waals surface area contributed by atoms with Crippen LogP contribution >= 0.6 is 7.82 Å². The van der Waals surface area contributed by atoms with Crippen LogP contribution in [0.15, 0.2) is 85.1 Å². The number of phosphoric acid groups is 1. The highest BCUT2D eigenvalue weighted by Gasteiger charge is 2.27. The van der Waals surface area contributed by atoms with Crippen molar-refractivity contribution in [2.75, 3.05) is 26.4 Å². The van der Waals surface area contributed by atoms with E-state index in [-0.39, 0.29) is 13.0 Å². The smallest absolute Gasteiger partial charge is 0.472 e. The van der Waals surface area contributed by atoms with E-state index in [9.17, 15) is 19.0 Å². The van der Waals surface area contributed by atoms with Crippen LogP contribution in [0.25, 0.3) is 0 Å². The molecule has 0 amide bonds. The molecule has 57 heavy (non-hydrogen) atoms. The topological polar surface area (TPSA) is 155 Å². The van der Waals surface area contributed by atoms with Gasteiger partial charge >= 0.3 is 19.8 Å². The minimum absolute atomic E-state index is 0.00308. The van der Waals surface area contributed by atoms with E-state index in [4.69, 9.17) is 29.4 Å². The maximum absolute atomic E-state index is 12.6. The molecule has 0 spiro atoms. The molecule has 0 heterocycles. The molecule has 0 radical (unpaired) electrons. The van der Waals surface area contributed by atoms with Crippen molar-refractivity contribution in [3.05, 3.63) is 85.1 Å². The first-order valence-corrected chi connectivity index (χ1v) is 23.1. The Balaban J connectivity index is 4.29. The summed E-state index contributed by atoms with van der Waals surface area (Å²) in [4.78, 5) is 33.5. The maximum Gasteiger partial charge on any atom is 0.472 e. The molecule has 0 saturated carbocycles. The number of ether oxygens (including phenoxy) is 2. The second-order valence-electron chi connectivity index (χ2n) is 14.1. The number of phosphoric ester groups is 1. The highest BCUT2D eigenvalue weighted by molar-refractivity contribution is 7.47. The number of esters is 1. The van der Waals surface area contributed by atoms with Crippen molar-refractivity contribution in [1.82, 2.24) is 0 Å². The SMILES string of the molecule is CC/C=C\C/C=C\C/C=C\C/C=C\CCCCCCCCCOCC(COP(=O)(O)OCC(N)C(=O)O)OC(=O)CCCCCCC/C=C\C/C=C\C/C=C\CC. The van der Waals surface area contributed by atoms with Crippen molar-refractivity contribution in [3.63, 3.8) is 0 Å². The summed E-state index contributed by atoms with van der Waals surface area (Å²) in [6.07, 6.45) is 52.0. The fourth-order valence-electron chi connectivity index (χ4n) is 5.37. The van der Waals surface area contributed by atoms with E-state index in [1.807, 2.05) is 0 Å². The van der Waals surface area contributed by atoms with Crippen molar-refractivity contribution in [2.24, 2.45) is 5.73 Å². The Morgan fingerprint density at radius 1 is 0.561 bits per heavy atom. The number of carboxylic acids is 1. The average molecular weight is 820 g/mol. The van der Waals surface area contributed by atoms with Gasteiger partial charge in [-0.1, -0.05) is 150 Å². The van der Waals surface area contributed by atoms with Gasteiger partial charge in [0.1, 0.15) is 12.1 Å². The van der Waals surface area contributed by atoms with Gasteiger partial charge in [0.05, 0.1) is 19.8 Å². The normalized spacial score (nSPS) is 14.7. The van der Waals surface area contributed by atoms with Crippen LogP contribution in [0.3, 0.4) is 0 Å². The summed E-state index contributed by atoms with van der Waals surface area (Å²) < 4.78 is 33.3. The highest BCUT2D eigenvalue weighted by atomic mass is 31.2. The molecule has 0 aromatic rings. The average Bonchev–Trinajstić information content (AvgIpc) is 3.19. The second kappa shape index (κ2) is 41.3.